The maximum Gasteiger partial charge on any atom is 0.319 e. The molecular formula is C10H10FN3O2. The van der Waals surface area contributed by atoms with Crippen molar-refractivity contribution in [3.05, 3.63) is 29.6 Å². The number of amides is 2. The number of rotatable bonds is 3. The molecule has 1 rings (SSSR count). The van der Waals surface area contributed by atoms with Crippen LogP contribution in [0.25, 0.3) is 0 Å². The number of nitriles is 1. The molecule has 0 spiro atoms. The number of nitrogens with one attached hydrogen (secondary N) is 2. The van der Waals surface area contributed by atoms with Crippen molar-refractivity contribution in [3.63, 3.8) is 0 Å². The number of aliphatic hydroxyl groups excluding tert-OH is 1. The van der Waals surface area contributed by atoms with E-state index in [0.717, 1.165) is 12.1 Å². The molecule has 0 aliphatic carbocycles. The lowest BCUT2D eigenvalue weighted by Gasteiger charge is -2.07. The van der Waals surface area contributed by atoms with Gasteiger partial charge in [-0.1, -0.05) is 0 Å². The molecule has 16 heavy (non-hydrogen) atoms. The molecule has 5 nitrogen and oxygen atoms in total. The second-order valence-corrected chi connectivity index (χ2v) is 2.91. The number of aliphatic hydroxyl groups is 1. The number of halogens is 1. The van der Waals surface area contributed by atoms with Gasteiger partial charge in [0.15, 0.2) is 0 Å². The van der Waals surface area contributed by atoms with Crippen LogP contribution in [0.5, 0.6) is 0 Å². The summed E-state index contributed by atoms with van der Waals surface area (Å²) in [6, 6.07) is 4.68. The Kier molecular flexibility index (Phi) is 4.24. The first-order valence-electron chi connectivity index (χ1n) is 4.52. The minimum Gasteiger partial charge on any atom is -0.395 e. The summed E-state index contributed by atoms with van der Waals surface area (Å²) in [6.45, 7) is -0.0726. The largest absolute Gasteiger partial charge is 0.395 e. The summed E-state index contributed by atoms with van der Waals surface area (Å²) in [4.78, 5) is 11.2. The molecule has 0 radical (unpaired) electrons. The van der Waals surface area contributed by atoms with Crippen molar-refractivity contribution in [2.45, 2.75) is 0 Å². The van der Waals surface area contributed by atoms with Crippen LogP contribution in [-0.2, 0) is 0 Å². The number of carbonyl (C=O) groups excluding carboxylic acids is 1. The summed E-state index contributed by atoms with van der Waals surface area (Å²) in [6.07, 6.45) is 0. The van der Waals surface area contributed by atoms with Crippen molar-refractivity contribution in [3.8, 4) is 6.07 Å². The van der Waals surface area contributed by atoms with Gasteiger partial charge >= 0.3 is 6.03 Å². The van der Waals surface area contributed by atoms with E-state index in [2.05, 4.69) is 10.6 Å². The third-order valence-corrected chi connectivity index (χ3v) is 1.75. The Hall–Kier alpha value is -2.13. The van der Waals surface area contributed by atoms with Crippen molar-refractivity contribution in [1.82, 2.24) is 5.32 Å². The Balaban J connectivity index is 2.74. The molecule has 6 heteroatoms. The summed E-state index contributed by atoms with van der Waals surface area (Å²) < 4.78 is 12.8. The van der Waals surface area contributed by atoms with Gasteiger partial charge in [-0.2, -0.15) is 5.26 Å². The maximum absolute atomic E-state index is 12.8. The van der Waals surface area contributed by atoms with Crippen LogP contribution in [0.4, 0.5) is 14.9 Å². The van der Waals surface area contributed by atoms with E-state index in [1.807, 2.05) is 0 Å². The Labute approximate surface area is 91.5 Å². The molecule has 0 atom stereocenters. The molecule has 0 fully saturated rings. The van der Waals surface area contributed by atoms with Crippen LogP contribution >= 0.6 is 0 Å². The fourth-order valence-electron chi connectivity index (χ4n) is 1.05. The predicted molar refractivity (Wildman–Crippen MR) is 55.2 cm³/mol. The van der Waals surface area contributed by atoms with Gasteiger partial charge in [-0.25, -0.2) is 9.18 Å². The molecule has 0 bridgehead atoms. The Morgan fingerprint density at radius 3 is 2.94 bits per heavy atom. The topological polar surface area (TPSA) is 85.2 Å². The second-order valence-electron chi connectivity index (χ2n) is 2.91. The Morgan fingerprint density at radius 1 is 1.56 bits per heavy atom. The molecule has 3 N–H and O–H groups in total. The number of nitrogens with zero attached hydrogens (tertiary/aromatic N) is 1. The highest BCUT2D eigenvalue weighted by Crippen LogP contribution is 2.15. The van der Waals surface area contributed by atoms with E-state index in [1.54, 1.807) is 6.07 Å². The van der Waals surface area contributed by atoms with Crippen LogP contribution in [-0.4, -0.2) is 24.3 Å². The average molecular weight is 223 g/mol. The summed E-state index contributed by atoms with van der Waals surface area (Å²) in [5, 5.41) is 21.9. The van der Waals surface area contributed by atoms with Crippen molar-refractivity contribution in [1.29, 1.82) is 5.26 Å². The van der Waals surface area contributed by atoms with Gasteiger partial charge in [-0.05, 0) is 18.2 Å². The first-order valence-corrected chi connectivity index (χ1v) is 4.52. The maximum atomic E-state index is 12.8. The van der Waals surface area contributed by atoms with E-state index in [9.17, 15) is 9.18 Å². The van der Waals surface area contributed by atoms with Crippen LogP contribution in [0.15, 0.2) is 18.2 Å². The van der Waals surface area contributed by atoms with Crippen molar-refractivity contribution >= 4 is 11.7 Å². The van der Waals surface area contributed by atoms with Crippen LogP contribution in [0.2, 0.25) is 0 Å². The molecule has 0 aliphatic heterocycles. The molecular weight excluding hydrogens is 213 g/mol. The zero-order valence-corrected chi connectivity index (χ0v) is 8.33. The number of urea groups is 1. The number of anilines is 1. The van der Waals surface area contributed by atoms with E-state index in [1.165, 1.54) is 6.07 Å². The van der Waals surface area contributed by atoms with Gasteiger partial charge in [0, 0.05) is 6.54 Å². The van der Waals surface area contributed by atoms with E-state index >= 15 is 0 Å². The highest BCUT2D eigenvalue weighted by Gasteiger charge is 2.06. The highest BCUT2D eigenvalue weighted by molar-refractivity contribution is 5.90. The molecule has 0 saturated carbocycles. The Bertz CT molecular complexity index is 429. The van der Waals surface area contributed by atoms with E-state index in [-0.39, 0.29) is 24.4 Å². The predicted octanol–water partition coefficient (Wildman–Crippen LogP) is 0.811. The number of hydrogen-bond donors (Lipinski definition) is 3. The summed E-state index contributed by atoms with van der Waals surface area (Å²) in [5.41, 5.74) is 0.262. The third kappa shape index (κ3) is 3.22. The van der Waals surface area contributed by atoms with Gasteiger partial charge in [0.1, 0.15) is 11.9 Å². The summed E-state index contributed by atoms with van der Waals surface area (Å²) in [5.74, 6) is -0.544. The van der Waals surface area contributed by atoms with Crippen molar-refractivity contribution in [2.75, 3.05) is 18.5 Å². The van der Waals surface area contributed by atoms with Crippen LogP contribution < -0.4 is 10.6 Å². The fraction of sp³-hybridized carbons (Fsp3) is 0.200. The summed E-state index contributed by atoms with van der Waals surface area (Å²) >= 11 is 0. The van der Waals surface area contributed by atoms with Gasteiger partial charge in [-0.15, -0.1) is 0 Å². The van der Waals surface area contributed by atoms with Gasteiger partial charge in [0.05, 0.1) is 17.9 Å². The monoisotopic (exact) mass is 223 g/mol. The normalized spacial score (nSPS) is 9.31. The second kappa shape index (κ2) is 5.68. The average Bonchev–Trinajstić information content (AvgIpc) is 2.28. The smallest absolute Gasteiger partial charge is 0.319 e. The first kappa shape index (κ1) is 11.9. The number of benzene rings is 1. The lowest BCUT2D eigenvalue weighted by Crippen LogP contribution is -2.31. The van der Waals surface area contributed by atoms with Crippen LogP contribution in [0.3, 0.4) is 0 Å². The minimum absolute atomic E-state index is 0.0409. The van der Waals surface area contributed by atoms with Gasteiger partial charge in [0.2, 0.25) is 0 Å². The number of hydrogen-bond acceptors (Lipinski definition) is 3. The van der Waals surface area contributed by atoms with Gasteiger partial charge in [0.25, 0.3) is 0 Å². The molecule has 84 valence electrons. The lowest BCUT2D eigenvalue weighted by atomic mass is 10.2. The lowest BCUT2D eigenvalue weighted by molar-refractivity contribution is 0.245. The molecule has 0 unspecified atom stereocenters. The first-order chi connectivity index (χ1) is 7.67. The SMILES string of the molecule is N#Cc1cc(F)ccc1NC(=O)NCCO. The van der Waals surface area contributed by atoms with Crippen molar-refractivity contribution < 1.29 is 14.3 Å². The molecule has 2 amide bonds. The Morgan fingerprint density at radius 2 is 2.31 bits per heavy atom. The highest BCUT2D eigenvalue weighted by atomic mass is 19.1. The quantitative estimate of drug-likeness (QED) is 0.708. The molecule has 1 aromatic carbocycles. The van der Waals surface area contributed by atoms with E-state index in [4.69, 9.17) is 10.4 Å². The standard InChI is InChI=1S/C10H10FN3O2/c11-8-1-2-9(7(5-8)6-12)14-10(16)13-3-4-15/h1-2,5,15H,3-4H2,(H2,13,14,16). The zero-order valence-electron chi connectivity index (χ0n) is 8.33. The molecule has 0 aliphatic rings. The van der Waals surface area contributed by atoms with E-state index in [0.29, 0.717) is 0 Å². The zero-order chi connectivity index (χ0) is 12.0. The van der Waals surface area contributed by atoms with Crippen molar-refractivity contribution in [2.24, 2.45) is 0 Å². The van der Waals surface area contributed by atoms with Crippen LogP contribution in [0.1, 0.15) is 5.56 Å². The molecule has 0 heterocycles. The summed E-state index contributed by atoms with van der Waals surface area (Å²) in [7, 11) is 0. The fourth-order valence-corrected chi connectivity index (χ4v) is 1.05. The van der Waals surface area contributed by atoms with Gasteiger partial charge in [-0.3, -0.25) is 0 Å². The third-order valence-electron chi connectivity index (χ3n) is 1.75. The number of carbonyl (C=O) groups is 1. The molecule has 0 aromatic heterocycles. The van der Waals surface area contributed by atoms with E-state index < -0.39 is 11.8 Å². The van der Waals surface area contributed by atoms with Gasteiger partial charge < -0.3 is 15.7 Å². The van der Waals surface area contributed by atoms with Crippen LogP contribution in [0, 0.1) is 17.1 Å². The molecule has 0 saturated heterocycles. The minimum atomic E-state index is -0.558. The molecule has 1 aromatic rings.